The number of hydrogen-bond acceptors (Lipinski definition) is 2. The van der Waals surface area contributed by atoms with E-state index in [1.54, 1.807) is 13.2 Å². The molecule has 0 fully saturated rings. The zero-order chi connectivity index (χ0) is 17.5. The van der Waals surface area contributed by atoms with Crippen LogP contribution in [0.15, 0.2) is 72.2 Å². The Hall–Kier alpha value is -2.35. The molecular weight excluding hydrogens is 437 g/mol. The second-order valence-electron chi connectivity index (χ2n) is 5.87. The predicted octanol–water partition coefficient (Wildman–Crippen LogP) is 3.66. The Morgan fingerprint density at radius 3 is 2.62 bits per heavy atom. The summed E-state index contributed by atoms with van der Waals surface area (Å²) in [6, 6.07) is 16.7. The van der Waals surface area contributed by atoms with Crippen LogP contribution < -0.4 is 10.6 Å². The molecule has 0 bridgehead atoms. The van der Waals surface area contributed by atoms with Gasteiger partial charge in [-0.05, 0) is 24.1 Å². The molecule has 0 amide bonds. The molecule has 6 heteroatoms. The Morgan fingerprint density at radius 2 is 1.88 bits per heavy atom. The van der Waals surface area contributed by atoms with Crippen LogP contribution in [0.2, 0.25) is 0 Å². The van der Waals surface area contributed by atoms with Crippen molar-refractivity contribution >= 4 is 29.9 Å². The normalized spacial score (nSPS) is 10.9. The van der Waals surface area contributed by atoms with Gasteiger partial charge in [0.25, 0.3) is 0 Å². The maximum absolute atomic E-state index is 4.31. The zero-order valence-electron chi connectivity index (χ0n) is 15.0. The average molecular weight is 461 g/mol. The Kier molecular flexibility index (Phi) is 7.65. The van der Waals surface area contributed by atoms with Gasteiger partial charge >= 0.3 is 0 Å². The molecule has 26 heavy (non-hydrogen) atoms. The second kappa shape index (κ2) is 9.96. The summed E-state index contributed by atoms with van der Waals surface area (Å²) in [7, 11) is 1.79. The van der Waals surface area contributed by atoms with E-state index in [0.717, 1.165) is 18.2 Å². The van der Waals surface area contributed by atoms with Crippen molar-refractivity contribution < 1.29 is 0 Å². The smallest absolute Gasteiger partial charge is 0.191 e. The van der Waals surface area contributed by atoms with Crippen LogP contribution in [-0.4, -0.2) is 22.6 Å². The van der Waals surface area contributed by atoms with Gasteiger partial charge in [0, 0.05) is 32.5 Å². The summed E-state index contributed by atoms with van der Waals surface area (Å²) in [5.74, 6) is 0.780. The number of hydrogen-bond donors (Lipinski definition) is 2. The number of aryl methyl sites for hydroxylation is 1. The minimum absolute atomic E-state index is 0. The maximum Gasteiger partial charge on any atom is 0.191 e. The third-order valence-electron chi connectivity index (χ3n) is 3.99. The predicted molar refractivity (Wildman–Crippen MR) is 117 cm³/mol. The number of aromatic nitrogens is 2. The molecule has 0 spiro atoms. The Labute approximate surface area is 171 Å². The standard InChI is InChI=1S/C20H23N5.HI/c1-16-6-5-7-17(12-16)13-23-20(21-2)24-14-18-8-3-4-9-19(18)25-11-10-22-15-25;/h3-12,15H,13-14H2,1-2H3,(H2,21,23,24);1H. The van der Waals surface area contributed by atoms with Crippen molar-refractivity contribution in [1.82, 2.24) is 20.2 Å². The monoisotopic (exact) mass is 461 g/mol. The van der Waals surface area contributed by atoms with E-state index in [-0.39, 0.29) is 24.0 Å². The molecule has 0 unspecified atom stereocenters. The number of para-hydroxylation sites is 1. The number of nitrogens with zero attached hydrogens (tertiary/aromatic N) is 3. The molecule has 2 N–H and O–H groups in total. The van der Waals surface area contributed by atoms with E-state index < -0.39 is 0 Å². The van der Waals surface area contributed by atoms with Gasteiger partial charge in [-0.3, -0.25) is 4.99 Å². The highest BCUT2D eigenvalue weighted by Gasteiger charge is 2.05. The van der Waals surface area contributed by atoms with Crippen molar-refractivity contribution in [3.8, 4) is 5.69 Å². The third kappa shape index (κ3) is 5.32. The Balaban J connectivity index is 0.00000243. The van der Waals surface area contributed by atoms with Gasteiger partial charge < -0.3 is 15.2 Å². The van der Waals surface area contributed by atoms with Crippen molar-refractivity contribution in [2.24, 2.45) is 4.99 Å². The number of rotatable bonds is 5. The highest BCUT2D eigenvalue weighted by Crippen LogP contribution is 2.13. The summed E-state index contributed by atoms with van der Waals surface area (Å²) in [6.07, 6.45) is 5.54. The number of halogens is 1. The molecule has 5 nitrogen and oxygen atoms in total. The van der Waals surface area contributed by atoms with Gasteiger partial charge in [-0.15, -0.1) is 24.0 Å². The van der Waals surface area contributed by atoms with Crippen LogP contribution in [0, 0.1) is 6.92 Å². The summed E-state index contributed by atoms with van der Waals surface area (Å²) >= 11 is 0. The lowest BCUT2D eigenvalue weighted by molar-refractivity contribution is 0.803. The number of nitrogens with one attached hydrogen (secondary N) is 2. The summed E-state index contributed by atoms with van der Waals surface area (Å²) < 4.78 is 2.01. The molecule has 1 heterocycles. The molecule has 1 aromatic heterocycles. The van der Waals surface area contributed by atoms with Crippen LogP contribution in [0.4, 0.5) is 0 Å². The van der Waals surface area contributed by atoms with E-state index in [2.05, 4.69) is 63.9 Å². The van der Waals surface area contributed by atoms with Crippen LogP contribution in [0.3, 0.4) is 0 Å². The van der Waals surface area contributed by atoms with Crippen molar-refractivity contribution in [1.29, 1.82) is 0 Å². The summed E-state index contributed by atoms with van der Waals surface area (Å²) in [4.78, 5) is 8.44. The SMILES string of the molecule is CN=C(NCc1cccc(C)c1)NCc1ccccc1-n1ccnc1.I. The lowest BCUT2D eigenvalue weighted by Gasteiger charge is -2.15. The lowest BCUT2D eigenvalue weighted by Crippen LogP contribution is -2.36. The van der Waals surface area contributed by atoms with Crippen LogP contribution in [0.1, 0.15) is 16.7 Å². The molecule has 0 aliphatic heterocycles. The molecule has 3 aromatic rings. The van der Waals surface area contributed by atoms with Gasteiger partial charge in [0.2, 0.25) is 0 Å². The number of imidazole rings is 1. The average Bonchev–Trinajstić information content (AvgIpc) is 3.17. The Morgan fingerprint density at radius 1 is 1.08 bits per heavy atom. The van der Waals surface area contributed by atoms with Crippen molar-refractivity contribution in [2.75, 3.05) is 7.05 Å². The summed E-state index contributed by atoms with van der Waals surface area (Å²) in [5, 5.41) is 6.74. The number of guanidine groups is 1. The fourth-order valence-electron chi connectivity index (χ4n) is 2.72. The van der Waals surface area contributed by atoms with Crippen LogP contribution in [0.25, 0.3) is 5.69 Å². The maximum atomic E-state index is 4.31. The largest absolute Gasteiger partial charge is 0.352 e. The molecule has 0 aliphatic rings. The first-order valence-electron chi connectivity index (χ1n) is 8.32. The molecule has 0 atom stereocenters. The van der Waals surface area contributed by atoms with Gasteiger partial charge in [-0.25, -0.2) is 4.98 Å². The first-order chi connectivity index (χ1) is 12.3. The topological polar surface area (TPSA) is 54.2 Å². The highest BCUT2D eigenvalue weighted by atomic mass is 127. The van der Waals surface area contributed by atoms with E-state index in [0.29, 0.717) is 6.54 Å². The van der Waals surface area contributed by atoms with Crippen molar-refractivity contribution in [3.63, 3.8) is 0 Å². The second-order valence-corrected chi connectivity index (χ2v) is 5.87. The third-order valence-corrected chi connectivity index (χ3v) is 3.99. The minimum atomic E-state index is 0. The first kappa shape index (κ1) is 20.0. The summed E-state index contributed by atoms with van der Waals surface area (Å²) in [6.45, 7) is 3.52. The van der Waals surface area contributed by atoms with Gasteiger partial charge in [-0.1, -0.05) is 48.0 Å². The van der Waals surface area contributed by atoms with Gasteiger partial charge in [0.1, 0.15) is 0 Å². The molecule has 136 valence electrons. The molecule has 3 rings (SSSR count). The number of benzene rings is 2. The van der Waals surface area contributed by atoms with E-state index in [1.165, 1.54) is 16.7 Å². The molecule has 0 saturated heterocycles. The van der Waals surface area contributed by atoms with Crippen molar-refractivity contribution in [3.05, 3.63) is 83.9 Å². The van der Waals surface area contributed by atoms with Gasteiger partial charge in [-0.2, -0.15) is 0 Å². The molecule has 2 aromatic carbocycles. The highest BCUT2D eigenvalue weighted by molar-refractivity contribution is 14.0. The molecule has 0 saturated carbocycles. The van der Waals surface area contributed by atoms with E-state index >= 15 is 0 Å². The molecule has 0 radical (unpaired) electrons. The van der Waals surface area contributed by atoms with E-state index in [4.69, 9.17) is 0 Å². The van der Waals surface area contributed by atoms with Crippen molar-refractivity contribution in [2.45, 2.75) is 20.0 Å². The molecular formula is C20H24IN5. The zero-order valence-corrected chi connectivity index (χ0v) is 17.3. The minimum Gasteiger partial charge on any atom is -0.352 e. The lowest BCUT2D eigenvalue weighted by atomic mass is 10.1. The van der Waals surface area contributed by atoms with Gasteiger partial charge in [0.15, 0.2) is 5.96 Å². The van der Waals surface area contributed by atoms with Crippen LogP contribution >= 0.6 is 24.0 Å². The fourth-order valence-corrected chi connectivity index (χ4v) is 2.72. The van der Waals surface area contributed by atoms with E-state index in [9.17, 15) is 0 Å². The van der Waals surface area contributed by atoms with Crippen LogP contribution in [-0.2, 0) is 13.1 Å². The fraction of sp³-hybridized carbons (Fsp3) is 0.200. The quantitative estimate of drug-likeness (QED) is 0.347. The summed E-state index contributed by atoms with van der Waals surface area (Å²) in [5.41, 5.74) is 4.79. The van der Waals surface area contributed by atoms with Crippen LogP contribution in [0.5, 0.6) is 0 Å². The molecule has 0 aliphatic carbocycles. The van der Waals surface area contributed by atoms with E-state index in [1.807, 2.05) is 29.2 Å². The Bertz CT molecular complexity index is 843. The number of aliphatic imine (C=N–C) groups is 1. The first-order valence-corrected chi connectivity index (χ1v) is 8.32. The van der Waals surface area contributed by atoms with Gasteiger partial charge in [0.05, 0.1) is 12.0 Å².